The normalized spacial score (nSPS) is 17.9. The zero-order valence-corrected chi connectivity index (χ0v) is 12.4. The molecule has 0 bridgehead atoms. The minimum absolute atomic E-state index is 0.147. The number of benzene rings is 1. The van der Waals surface area contributed by atoms with E-state index >= 15 is 0 Å². The molecule has 0 spiro atoms. The number of nitrogens with zero attached hydrogens (tertiary/aromatic N) is 1. The summed E-state index contributed by atoms with van der Waals surface area (Å²) in [7, 11) is 1.63. The van der Waals surface area contributed by atoms with Gasteiger partial charge in [-0.15, -0.1) is 0 Å². The van der Waals surface area contributed by atoms with Crippen LogP contribution in [0.4, 0.5) is 5.69 Å². The molecule has 0 saturated carbocycles. The van der Waals surface area contributed by atoms with E-state index in [2.05, 4.69) is 18.3 Å². The standard InChI is InChI=1S/C16H24N2O2/c1-3-10-17-14-8-11-18(16(19)9-12-20-2)15-7-5-4-6-13(14)15/h4-7,14,17H,3,8-12H2,1-2H3. The third-order valence-electron chi connectivity index (χ3n) is 3.71. The minimum Gasteiger partial charge on any atom is -0.384 e. The fourth-order valence-corrected chi connectivity index (χ4v) is 2.68. The van der Waals surface area contributed by atoms with Gasteiger partial charge in [0.2, 0.25) is 5.91 Å². The molecule has 1 aromatic rings. The first-order chi connectivity index (χ1) is 9.77. The summed E-state index contributed by atoms with van der Waals surface area (Å²) in [5.41, 5.74) is 2.28. The Morgan fingerprint density at radius 3 is 3.00 bits per heavy atom. The molecule has 110 valence electrons. The maximum Gasteiger partial charge on any atom is 0.229 e. The van der Waals surface area contributed by atoms with Crippen LogP contribution in [0.5, 0.6) is 0 Å². The first-order valence-corrected chi connectivity index (χ1v) is 7.39. The van der Waals surface area contributed by atoms with Gasteiger partial charge in [-0.3, -0.25) is 4.79 Å². The highest BCUT2D eigenvalue weighted by Crippen LogP contribution is 2.33. The lowest BCUT2D eigenvalue weighted by atomic mass is 9.96. The zero-order valence-electron chi connectivity index (χ0n) is 12.4. The number of carbonyl (C=O) groups is 1. The molecule has 0 radical (unpaired) electrons. The molecule has 1 aliphatic heterocycles. The van der Waals surface area contributed by atoms with Crippen LogP contribution in [0.1, 0.15) is 37.8 Å². The van der Waals surface area contributed by atoms with E-state index in [0.717, 1.165) is 31.6 Å². The van der Waals surface area contributed by atoms with Crippen molar-refractivity contribution in [3.63, 3.8) is 0 Å². The monoisotopic (exact) mass is 276 g/mol. The Hall–Kier alpha value is -1.39. The number of rotatable bonds is 6. The third kappa shape index (κ3) is 3.38. The van der Waals surface area contributed by atoms with E-state index in [9.17, 15) is 4.79 Å². The summed E-state index contributed by atoms with van der Waals surface area (Å²) in [6, 6.07) is 8.57. The van der Waals surface area contributed by atoms with Crippen LogP contribution < -0.4 is 10.2 Å². The second-order valence-electron chi connectivity index (χ2n) is 5.14. The summed E-state index contributed by atoms with van der Waals surface area (Å²) in [5, 5.41) is 3.57. The van der Waals surface area contributed by atoms with Crippen LogP contribution in [0.25, 0.3) is 0 Å². The average molecular weight is 276 g/mol. The summed E-state index contributed by atoms with van der Waals surface area (Å²) in [6.45, 7) is 4.44. The molecular formula is C16H24N2O2. The molecule has 1 N–H and O–H groups in total. The average Bonchev–Trinajstić information content (AvgIpc) is 2.50. The number of hydrogen-bond donors (Lipinski definition) is 1. The number of fused-ring (bicyclic) bond motifs is 1. The van der Waals surface area contributed by atoms with E-state index < -0.39 is 0 Å². The van der Waals surface area contributed by atoms with Crippen molar-refractivity contribution in [3.05, 3.63) is 29.8 Å². The molecule has 1 amide bonds. The van der Waals surface area contributed by atoms with E-state index in [1.165, 1.54) is 5.56 Å². The van der Waals surface area contributed by atoms with Crippen LogP contribution in [0.3, 0.4) is 0 Å². The van der Waals surface area contributed by atoms with E-state index in [1.807, 2.05) is 23.1 Å². The number of nitrogens with one attached hydrogen (secondary N) is 1. The predicted octanol–water partition coefficient (Wildman–Crippen LogP) is 2.50. The largest absolute Gasteiger partial charge is 0.384 e. The highest BCUT2D eigenvalue weighted by Gasteiger charge is 2.27. The first-order valence-electron chi connectivity index (χ1n) is 7.39. The molecule has 4 nitrogen and oxygen atoms in total. The van der Waals surface area contributed by atoms with Crippen LogP contribution in [0.2, 0.25) is 0 Å². The lowest BCUT2D eigenvalue weighted by molar-refractivity contribution is -0.119. The highest BCUT2D eigenvalue weighted by atomic mass is 16.5. The number of anilines is 1. The van der Waals surface area contributed by atoms with Gasteiger partial charge >= 0.3 is 0 Å². The molecule has 2 rings (SSSR count). The van der Waals surface area contributed by atoms with Crippen LogP contribution >= 0.6 is 0 Å². The van der Waals surface area contributed by atoms with Gasteiger partial charge in [0.25, 0.3) is 0 Å². The summed E-state index contributed by atoms with van der Waals surface area (Å²) in [5.74, 6) is 0.147. The van der Waals surface area contributed by atoms with E-state index in [-0.39, 0.29) is 5.91 Å². The molecule has 0 aromatic heterocycles. The lowest BCUT2D eigenvalue weighted by Crippen LogP contribution is -2.40. The molecule has 0 fully saturated rings. The Bertz CT molecular complexity index is 448. The van der Waals surface area contributed by atoms with Crippen LogP contribution in [-0.2, 0) is 9.53 Å². The molecule has 4 heteroatoms. The fourth-order valence-electron chi connectivity index (χ4n) is 2.68. The molecule has 20 heavy (non-hydrogen) atoms. The van der Waals surface area contributed by atoms with Gasteiger partial charge in [-0.1, -0.05) is 25.1 Å². The Morgan fingerprint density at radius 1 is 1.45 bits per heavy atom. The number of carbonyl (C=O) groups excluding carboxylic acids is 1. The van der Waals surface area contributed by atoms with Crippen molar-refractivity contribution in [1.29, 1.82) is 0 Å². The van der Waals surface area contributed by atoms with Gasteiger partial charge in [0.05, 0.1) is 13.0 Å². The molecule has 1 aromatic carbocycles. The fraction of sp³-hybridized carbons (Fsp3) is 0.562. The Morgan fingerprint density at radius 2 is 2.25 bits per heavy atom. The number of para-hydroxylation sites is 1. The van der Waals surface area contributed by atoms with E-state index in [0.29, 0.717) is 19.1 Å². The topological polar surface area (TPSA) is 41.6 Å². The third-order valence-corrected chi connectivity index (χ3v) is 3.71. The van der Waals surface area contributed by atoms with Gasteiger partial charge < -0.3 is 15.0 Å². The maximum absolute atomic E-state index is 12.3. The second-order valence-corrected chi connectivity index (χ2v) is 5.14. The molecule has 1 heterocycles. The van der Waals surface area contributed by atoms with Crippen molar-refractivity contribution in [3.8, 4) is 0 Å². The van der Waals surface area contributed by atoms with Gasteiger partial charge in [-0.25, -0.2) is 0 Å². The summed E-state index contributed by atoms with van der Waals surface area (Å²) < 4.78 is 5.01. The number of methoxy groups -OCH3 is 1. The highest BCUT2D eigenvalue weighted by molar-refractivity contribution is 5.94. The summed E-state index contributed by atoms with van der Waals surface area (Å²) in [6.07, 6.45) is 2.53. The van der Waals surface area contributed by atoms with Crippen LogP contribution in [-0.4, -0.2) is 32.7 Å². The Kier molecular flexibility index (Phi) is 5.56. The smallest absolute Gasteiger partial charge is 0.229 e. The minimum atomic E-state index is 0.147. The molecule has 0 aliphatic carbocycles. The summed E-state index contributed by atoms with van der Waals surface area (Å²) >= 11 is 0. The van der Waals surface area contributed by atoms with Gasteiger partial charge in [0, 0.05) is 25.4 Å². The molecule has 1 unspecified atom stereocenters. The van der Waals surface area contributed by atoms with Crippen molar-refractivity contribution < 1.29 is 9.53 Å². The molecular weight excluding hydrogens is 252 g/mol. The van der Waals surface area contributed by atoms with E-state index in [1.54, 1.807) is 7.11 Å². The second kappa shape index (κ2) is 7.41. The van der Waals surface area contributed by atoms with Crippen molar-refractivity contribution in [2.24, 2.45) is 0 Å². The van der Waals surface area contributed by atoms with Gasteiger partial charge in [-0.2, -0.15) is 0 Å². The quantitative estimate of drug-likeness (QED) is 0.868. The Labute approximate surface area is 121 Å². The predicted molar refractivity (Wildman–Crippen MR) is 80.9 cm³/mol. The van der Waals surface area contributed by atoms with Crippen LogP contribution in [0.15, 0.2) is 24.3 Å². The van der Waals surface area contributed by atoms with E-state index in [4.69, 9.17) is 4.74 Å². The van der Waals surface area contributed by atoms with Crippen molar-refractivity contribution >= 4 is 11.6 Å². The number of ether oxygens (including phenoxy) is 1. The Balaban J connectivity index is 2.16. The van der Waals surface area contributed by atoms with Gasteiger partial charge in [0.1, 0.15) is 0 Å². The SMILES string of the molecule is CCCNC1CCN(C(=O)CCOC)c2ccccc21. The van der Waals surface area contributed by atoms with Gasteiger partial charge in [-0.05, 0) is 31.0 Å². The maximum atomic E-state index is 12.3. The van der Waals surface area contributed by atoms with Crippen LogP contribution in [0, 0.1) is 0 Å². The summed E-state index contributed by atoms with van der Waals surface area (Å²) in [4.78, 5) is 14.2. The zero-order chi connectivity index (χ0) is 14.4. The molecule has 1 atom stereocenters. The van der Waals surface area contributed by atoms with Gasteiger partial charge in [0.15, 0.2) is 0 Å². The number of amides is 1. The van der Waals surface area contributed by atoms with Crippen molar-refractivity contribution in [2.45, 2.75) is 32.2 Å². The van der Waals surface area contributed by atoms with Crippen molar-refractivity contribution in [2.75, 3.05) is 31.7 Å². The molecule has 1 aliphatic rings. The lowest BCUT2D eigenvalue weighted by Gasteiger charge is -2.35. The number of hydrogen-bond acceptors (Lipinski definition) is 3. The van der Waals surface area contributed by atoms with Crippen molar-refractivity contribution in [1.82, 2.24) is 5.32 Å². The first kappa shape index (κ1) is 15.0. The molecule has 0 saturated heterocycles.